The van der Waals surface area contributed by atoms with Crippen LogP contribution in [0.4, 0.5) is 0 Å². The highest BCUT2D eigenvalue weighted by Crippen LogP contribution is 2.67. The topological polar surface area (TPSA) is 77.6 Å². The number of aromatic nitrogens is 5. The zero-order valence-electron chi connectivity index (χ0n) is 22.9. The maximum absolute atomic E-state index is 13.0. The van der Waals surface area contributed by atoms with Crippen molar-refractivity contribution < 1.29 is 0 Å². The third kappa shape index (κ3) is 2.99. The average Bonchev–Trinajstić information content (AvgIpc) is 3.51. The van der Waals surface area contributed by atoms with Gasteiger partial charge in [-0.2, -0.15) is 4.68 Å². The van der Waals surface area contributed by atoms with Crippen molar-refractivity contribution in [2.75, 3.05) is 0 Å². The van der Waals surface area contributed by atoms with Crippen molar-refractivity contribution in [3.63, 3.8) is 0 Å². The van der Waals surface area contributed by atoms with Gasteiger partial charge in [0.1, 0.15) is 0 Å². The van der Waals surface area contributed by atoms with Gasteiger partial charge >= 0.3 is 0 Å². The molecule has 7 rings (SSSR count). The molecule has 4 atom stereocenters. The first-order chi connectivity index (χ1) is 16.8. The highest BCUT2D eigenvalue weighted by Gasteiger charge is 2.63. The van der Waals surface area contributed by atoms with Gasteiger partial charge in [0, 0.05) is 47.9 Å². The van der Waals surface area contributed by atoms with E-state index in [1.807, 2.05) is 41.7 Å². The molecule has 0 saturated heterocycles. The number of aryl methyl sites for hydroxylation is 1. The van der Waals surface area contributed by atoms with Gasteiger partial charge in [-0.25, -0.2) is 4.98 Å². The van der Waals surface area contributed by atoms with Gasteiger partial charge in [-0.15, -0.1) is 0 Å². The molecule has 4 bridgehead atoms. The largest absolute Gasteiger partial charge is 0.291 e. The minimum absolute atomic E-state index is 0. The Bertz CT molecular complexity index is 1500. The lowest BCUT2D eigenvalue weighted by molar-refractivity contribution is 0.217. The lowest BCUT2D eigenvalue weighted by atomic mass is 9.70. The summed E-state index contributed by atoms with van der Waals surface area (Å²) < 4.78 is 5.72. The van der Waals surface area contributed by atoms with Crippen LogP contribution in [0, 0.1) is 10.8 Å². The second-order valence-electron chi connectivity index (χ2n) is 13.1. The number of H-pyrrole nitrogens is 1. The van der Waals surface area contributed by atoms with Crippen LogP contribution in [0.1, 0.15) is 116 Å². The van der Waals surface area contributed by atoms with Gasteiger partial charge in [0.15, 0.2) is 5.82 Å². The van der Waals surface area contributed by atoms with E-state index < -0.39 is 0 Å². The van der Waals surface area contributed by atoms with Gasteiger partial charge in [0.05, 0.1) is 5.69 Å². The van der Waals surface area contributed by atoms with Crippen molar-refractivity contribution in [1.29, 1.82) is 0 Å². The molecule has 3 heterocycles. The third-order valence-electron chi connectivity index (χ3n) is 11.5. The smallest absolute Gasteiger partial charge is 0.276 e. The van der Waals surface area contributed by atoms with E-state index in [2.05, 4.69) is 51.6 Å². The lowest BCUT2D eigenvalue weighted by Gasteiger charge is -2.36. The van der Waals surface area contributed by atoms with E-state index in [0.29, 0.717) is 17.7 Å². The van der Waals surface area contributed by atoms with Crippen LogP contribution < -0.4 is 11.1 Å². The second kappa shape index (κ2) is 8.33. The molecule has 2 fully saturated rings. The standard InChI is InChI=1S/C17H21N3O.C12H18N2O.2CH4/c1-16(2)11-8-9-17(16,3)14-13(11)15(21)20(19(14)4)12-7-5-6-10-18-12;1-11(2)7-5-6-12(11,3)9-8(7)10(15)13-14(9)4;;/h5-7,10-11H,8-9H2,1-4H3;7H,5-6H2,1-4H3,(H,13,15);2*1H4/t11-,17+;7-,12+;;/m11../s1. The van der Waals surface area contributed by atoms with Gasteiger partial charge < -0.3 is 0 Å². The van der Waals surface area contributed by atoms with E-state index in [4.69, 9.17) is 0 Å². The van der Waals surface area contributed by atoms with Crippen molar-refractivity contribution in [2.45, 2.75) is 105 Å². The molecule has 38 heavy (non-hydrogen) atoms. The molecular formula is C31H47N5O2. The van der Waals surface area contributed by atoms with Crippen LogP contribution in [0.15, 0.2) is 34.0 Å². The highest BCUT2D eigenvalue weighted by molar-refractivity contribution is 5.47. The summed E-state index contributed by atoms with van der Waals surface area (Å²) in [5.74, 6) is 1.55. The van der Waals surface area contributed by atoms with Crippen LogP contribution in [-0.2, 0) is 24.9 Å². The van der Waals surface area contributed by atoms with Gasteiger partial charge in [-0.3, -0.25) is 24.1 Å². The first-order valence-corrected chi connectivity index (χ1v) is 13.3. The number of nitrogens with zero attached hydrogens (tertiary/aromatic N) is 4. The predicted octanol–water partition coefficient (Wildman–Crippen LogP) is 5.91. The fraction of sp³-hybridized carbons (Fsp3) is 0.645. The Morgan fingerprint density at radius 2 is 1.39 bits per heavy atom. The Kier molecular flexibility index (Phi) is 6.18. The summed E-state index contributed by atoms with van der Waals surface area (Å²) in [6, 6.07) is 5.69. The van der Waals surface area contributed by atoms with Crippen molar-refractivity contribution in [1.82, 2.24) is 24.1 Å². The minimum Gasteiger partial charge on any atom is -0.291 e. The Hall–Kier alpha value is -2.83. The first kappa shape index (κ1) is 28.2. The molecule has 7 nitrogen and oxygen atoms in total. The van der Waals surface area contributed by atoms with E-state index >= 15 is 0 Å². The molecule has 3 aromatic rings. The van der Waals surface area contributed by atoms with Crippen molar-refractivity contribution in [3.05, 3.63) is 67.6 Å². The van der Waals surface area contributed by atoms with Crippen molar-refractivity contribution in [2.24, 2.45) is 24.9 Å². The summed E-state index contributed by atoms with van der Waals surface area (Å²) in [5.41, 5.74) is 5.50. The van der Waals surface area contributed by atoms with Crippen molar-refractivity contribution >= 4 is 0 Å². The molecule has 2 saturated carbocycles. The summed E-state index contributed by atoms with van der Waals surface area (Å²) in [7, 11) is 3.96. The zero-order chi connectivity index (χ0) is 26.0. The molecule has 0 amide bonds. The van der Waals surface area contributed by atoms with E-state index in [9.17, 15) is 9.59 Å². The third-order valence-corrected chi connectivity index (χ3v) is 11.5. The Morgan fingerprint density at radius 1 is 0.842 bits per heavy atom. The van der Waals surface area contributed by atoms with Crippen LogP contribution in [0.5, 0.6) is 0 Å². The van der Waals surface area contributed by atoms with Crippen LogP contribution in [0.25, 0.3) is 5.82 Å². The maximum Gasteiger partial charge on any atom is 0.276 e. The fourth-order valence-electron chi connectivity index (χ4n) is 8.74. The van der Waals surface area contributed by atoms with Crippen LogP contribution >= 0.6 is 0 Å². The lowest BCUT2D eigenvalue weighted by Crippen LogP contribution is -2.35. The molecule has 0 unspecified atom stereocenters. The quantitative estimate of drug-likeness (QED) is 0.433. The minimum atomic E-state index is 0. The number of hydrogen-bond acceptors (Lipinski definition) is 3. The Balaban J connectivity index is 0.000000176. The van der Waals surface area contributed by atoms with Crippen LogP contribution in [0.2, 0.25) is 0 Å². The number of rotatable bonds is 1. The molecule has 4 aliphatic rings. The van der Waals surface area contributed by atoms with Crippen molar-refractivity contribution in [3.8, 4) is 5.82 Å². The SMILES string of the molecule is C.C.Cn1[nH]c(=O)c2c1[C@]1(C)CC[C@H]2C1(C)C.Cn1c2c(c(=O)n1-c1ccccn1)[C@H]1CC[C@]2(C)C1(C)C. The van der Waals surface area contributed by atoms with Gasteiger partial charge in [-0.1, -0.05) is 62.5 Å². The predicted molar refractivity (Wildman–Crippen MR) is 155 cm³/mol. The summed E-state index contributed by atoms with van der Waals surface area (Å²) >= 11 is 0. The Morgan fingerprint density at radius 3 is 1.89 bits per heavy atom. The molecule has 0 aromatic carbocycles. The summed E-state index contributed by atoms with van der Waals surface area (Å²) in [4.78, 5) is 29.2. The molecule has 0 radical (unpaired) electrons. The number of nitrogens with one attached hydrogen (secondary N) is 1. The average molecular weight is 522 g/mol. The second-order valence-corrected chi connectivity index (χ2v) is 13.1. The monoisotopic (exact) mass is 521 g/mol. The highest BCUT2D eigenvalue weighted by atomic mass is 16.1. The summed E-state index contributed by atoms with van der Waals surface area (Å²) in [6.45, 7) is 13.9. The molecule has 3 aromatic heterocycles. The van der Waals surface area contributed by atoms with E-state index in [1.165, 1.54) is 24.2 Å². The molecule has 1 N–H and O–H groups in total. The van der Waals surface area contributed by atoms with Crippen LogP contribution in [-0.4, -0.2) is 24.1 Å². The van der Waals surface area contributed by atoms with E-state index in [-0.39, 0.29) is 47.6 Å². The van der Waals surface area contributed by atoms with E-state index in [0.717, 1.165) is 24.0 Å². The summed E-state index contributed by atoms with van der Waals surface area (Å²) in [6.07, 6.45) is 6.40. The van der Waals surface area contributed by atoms with Gasteiger partial charge in [0.25, 0.3) is 11.1 Å². The number of fused-ring (bicyclic) bond motifs is 10. The van der Waals surface area contributed by atoms with E-state index in [1.54, 1.807) is 10.9 Å². The number of pyridine rings is 1. The van der Waals surface area contributed by atoms with Gasteiger partial charge in [-0.05, 0) is 60.5 Å². The molecule has 4 aliphatic carbocycles. The molecular weight excluding hydrogens is 474 g/mol. The molecule has 0 spiro atoms. The first-order valence-electron chi connectivity index (χ1n) is 13.3. The normalized spacial score (nSPS) is 30.1. The van der Waals surface area contributed by atoms with Crippen LogP contribution in [0.3, 0.4) is 0 Å². The molecule has 7 heteroatoms. The molecule has 0 aliphatic heterocycles. The fourth-order valence-corrected chi connectivity index (χ4v) is 8.74. The summed E-state index contributed by atoms with van der Waals surface area (Å²) in [5, 5.41) is 2.90. The Labute approximate surface area is 227 Å². The zero-order valence-corrected chi connectivity index (χ0v) is 22.9. The number of hydrogen-bond donors (Lipinski definition) is 1. The van der Waals surface area contributed by atoms with Gasteiger partial charge in [0.2, 0.25) is 0 Å². The maximum atomic E-state index is 13.0. The number of aromatic amines is 1. The molecule has 208 valence electrons.